The Morgan fingerprint density at radius 1 is 1.38 bits per heavy atom. The Balaban J connectivity index is 1.90. The van der Waals surface area contributed by atoms with Gasteiger partial charge in [0.25, 0.3) is 0 Å². The van der Waals surface area contributed by atoms with E-state index in [2.05, 4.69) is 42.9 Å². The summed E-state index contributed by atoms with van der Waals surface area (Å²) in [5, 5.41) is 3.55. The first-order valence-electron chi connectivity index (χ1n) is 6.69. The summed E-state index contributed by atoms with van der Waals surface area (Å²) in [5.74, 6) is 3.54. The Kier molecular flexibility index (Phi) is 7.50. The number of nitrogens with zero attached hydrogens (tertiary/aromatic N) is 1. The summed E-state index contributed by atoms with van der Waals surface area (Å²) < 4.78 is 0. The van der Waals surface area contributed by atoms with Crippen LogP contribution in [0.2, 0.25) is 0 Å². The minimum atomic E-state index is 0.836. The Morgan fingerprint density at radius 2 is 2.19 bits per heavy atom. The van der Waals surface area contributed by atoms with Gasteiger partial charge in [-0.05, 0) is 44.5 Å². The first-order valence-corrected chi connectivity index (χ1v) is 7.84. The summed E-state index contributed by atoms with van der Waals surface area (Å²) in [6.45, 7) is 8.13. The van der Waals surface area contributed by atoms with Crippen LogP contribution in [-0.2, 0) is 0 Å². The lowest BCUT2D eigenvalue weighted by molar-refractivity contribution is 0.262. The van der Waals surface area contributed by atoms with Crippen LogP contribution in [0.1, 0.15) is 33.1 Å². The lowest BCUT2D eigenvalue weighted by atomic mass is 10.1. The smallest absolute Gasteiger partial charge is 0.0191 e. The van der Waals surface area contributed by atoms with Crippen LogP contribution in [0.3, 0.4) is 0 Å². The predicted octanol–water partition coefficient (Wildman–Crippen LogP) is 2.45. The first kappa shape index (κ1) is 14.3. The monoisotopic (exact) mass is 244 g/mol. The van der Waals surface area contributed by atoms with Gasteiger partial charge in [-0.25, -0.2) is 0 Å². The molecule has 0 amide bonds. The van der Waals surface area contributed by atoms with Gasteiger partial charge in [0.15, 0.2) is 0 Å². The number of hydrogen-bond acceptors (Lipinski definition) is 3. The minimum Gasteiger partial charge on any atom is -0.315 e. The number of likely N-dealkylation sites (N-methyl/N-ethyl adjacent to an activating group) is 1. The third-order valence-electron chi connectivity index (χ3n) is 3.31. The van der Waals surface area contributed by atoms with Gasteiger partial charge in [0.05, 0.1) is 0 Å². The molecule has 0 radical (unpaired) electrons. The summed E-state index contributed by atoms with van der Waals surface area (Å²) >= 11 is 2.10. The molecule has 0 bridgehead atoms. The third-order valence-corrected chi connectivity index (χ3v) is 4.45. The first-order chi connectivity index (χ1) is 7.70. The zero-order valence-electron chi connectivity index (χ0n) is 11.2. The van der Waals surface area contributed by atoms with Gasteiger partial charge < -0.3 is 10.2 Å². The number of thioether (sulfide) groups is 1. The lowest BCUT2D eigenvalue weighted by Gasteiger charge is -2.23. The average Bonchev–Trinajstić information content (AvgIpc) is 2.75. The molecule has 1 aliphatic heterocycles. The van der Waals surface area contributed by atoms with Crippen molar-refractivity contribution in [1.82, 2.24) is 10.2 Å². The van der Waals surface area contributed by atoms with Crippen LogP contribution in [0.25, 0.3) is 0 Å². The molecule has 1 N–H and O–H groups in total. The molecular formula is C13H28N2S. The Hall–Kier alpha value is 0.270. The van der Waals surface area contributed by atoms with Crippen molar-refractivity contribution in [3.05, 3.63) is 0 Å². The molecule has 1 heterocycles. The second-order valence-electron chi connectivity index (χ2n) is 5.28. The van der Waals surface area contributed by atoms with Crippen molar-refractivity contribution >= 4 is 11.8 Å². The van der Waals surface area contributed by atoms with Gasteiger partial charge >= 0.3 is 0 Å². The van der Waals surface area contributed by atoms with E-state index in [9.17, 15) is 0 Å². The van der Waals surface area contributed by atoms with E-state index in [0.717, 1.165) is 18.5 Å². The average molecular weight is 244 g/mol. The van der Waals surface area contributed by atoms with Crippen LogP contribution in [0.15, 0.2) is 0 Å². The van der Waals surface area contributed by atoms with E-state index in [0.29, 0.717) is 0 Å². The van der Waals surface area contributed by atoms with Gasteiger partial charge in [-0.3, -0.25) is 0 Å². The van der Waals surface area contributed by atoms with Crippen molar-refractivity contribution in [3.8, 4) is 0 Å². The topological polar surface area (TPSA) is 15.3 Å². The van der Waals surface area contributed by atoms with E-state index in [-0.39, 0.29) is 0 Å². The maximum Gasteiger partial charge on any atom is 0.0191 e. The maximum absolute atomic E-state index is 3.55. The zero-order chi connectivity index (χ0) is 11.8. The summed E-state index contributed by atoms with van der Waals surface area (Å²) in [6.07, 6.45) is 4.05. The molecule has 0 aliphatic carbocycles. The fourth-order valence-corrected chi connectivity index (χ4v) is 3.37. The van der Waals surface area contributed by atoms with E-state index >= 15 is 0 Å². The van der Waals surface area contributed by atoms with E-state index in [1.165, 1.54) is 43.9 Å². The van der Waals surface area contributed by atoms with E-state index in [1.807, 2.05) is 0 Å². The molecule has 1 atom stereocenters. The second kappa shape index (κ2) is 8.37. The molecule has 3 heteroatoms. The second-order valence-corrected chi connectivity index (χ2v) is 6.43. The Bertz CT molecular complexity index is 167. The molecule has 0 aromatic heterocycles. The lowest BCUT2D eigenvalue weighted by Crippen LogP contribution is -2.37. The zero-order valence-corrected chi connectivity index (χ0v) is 12.0. The molecule has 1 fully saturated rings. The molecule has 16 heavy (non-hydrogen) atoms. The molecule has 1 unspecified atom stereocenters. The van der Waals surface area contributed by atoms with Crippen molar-refractivity contribution in [2.75, 3.05) is 38.2 Å². The largest absolute Gasteiger partial charge is 0.315 e. The molecule has 2 nitrogen and oxygen atoms in total. The fourth-order valence-electron chi connectivity index (χ4n) is 2.07. The van der Waals surface area contributed by atoms with Gasteiger partial charge in [-0.1, -0.05) is 13.8 Å². The summed E-state index contributed by atoms with van der Waals surface area (Å²) in [4.78, 5) is 2.52. The van der Waals surface area contributed by atoms with Crippen LogP contribution >= 0.6 is 11.8 Å². The molecular weight excluding hydrogens is 216 g/mol. The van der Waals surface area contributed by atoms with Crippen LogP contribution < -0.4 is 5.32 Å². The Labute approximate surface area is 106 Å². The number of hydrogen-bond donors (Lipinski definition) is 1. The highest BCUT2D eigenvalue weighted by molar-refractivity contribution is 7.99. The van der Waals surface area contributed by atoms with E-state index in [4.69, 9.17) is 0 Å². The summed E-state index contributed by atoms with van der Waals surface area (Å²) in [7, 11) is 2.27. The fraction of sp³-hybridized carbons (Fsp3) is 1.00. The van der Waals surface area contributed by atoms with Crippen molar-refractivity contribution in [2.24, 2.45) is 5.92 Å². The molecule has 0 spiro atoms. The van der Waals surface area contributed by atoms with Gasteiger partial charge in [0.1, 0.15) is 0 Å². The van der Waals surface area contributed by atoms with Gasteiger partial charge in [0, 0.05) is 24.9 Å². The summed E-state index contributed by atoms with van der Waals surface area (Å²) in [6, 6.07) is 0.836. The molecule has 0 aromatic carbocycles. The summed E-state index contributed by atoms with van der Waals surface area (Å²) in [5.41, 5.74) is 0. The van der Waals surface area contributed by atoms with Gasteiger partial charge in [0.2, 0.25) is 0 Å². The Morgan fingerprint density at radius 3 is 2.81 bits per heavy atom. The SMILES string of the molecule is CC(C)CCCNCCN(C)C1CCSC1. The van der Waals surface area contributed by atoms with Crippen LogP contribution in [0, 0.1) is 5.92 Å². The third kappa shape index (κ3) is 6.12. The molecule has 96 valence electrons. The molecule has 0 aromatic rings. The highest BCUT2D eigenvalue weighted by Gasteiger charge is 2.18. The number of rotatable bonds is 8. The highest BCUT2D eigenvalue weighted by atomic mass is 32.2. The van der Waals surface area contributed by atoms with Gasteiger partial charge in [-0.2, -0.15) is 11.8 Å². The van der Waals surface area contributed by atoms with Gasteiger partial charge in [-0.15, -0.1) is 0 Å². The van der Waals surface area contributed by atoms with Crippen LogP contribution in [0.5, 0.6) is 0 Å². The minimum absolute atomic E-state index is 0.836. The molecule has 1 saturated heterocycles. The standard InChI is InChI=1S/C13H28N2S/c1-12(2)5-4-7-14-8-9-15(3)13-6-10-16-11-13/h12-14H,4-11H2,1-3H3. The van der Waals surface area contributed by atoms with Crippen molar-refractivity contribution in [1.29, 1.82) is 0 Å². The van der Waals surface area contributed by atoms with Crippen molar-refractivity contribution in [2.45, 2.75) is 39.2 Å². The predicted molar refractivity (Wildman–Crippen MR) is 75.3 cm³/mol. The van der Waals surface area contributed by atoms with E-state index in [1.54, 1.807) is 0 Å². The quantitative estimate of drug-likeness (QED) is 0.660. The molecule has 0 saturated carbocycles. The molecule has 1 rings (SSSR count). The number of nitrogens with one attached hydrogen (secondary N) is 1. The van der Waals surface area contributed by atoms with Crippen LogP contribution in [0.4, 0.5) is 0 Å². The normalized spacial score (nSPS) is 21.2. The highest BCUT2D eigenvalue weighted by Crippen LogP contribution is 2.20. The molecule has 1 aliphatic rings. The van der Waals surface area contributed by atoms with E-state index < -0.39 is 0 Å². The van der Waals surface area contributed by atoms with Crippen LogP contribution in [-0.4, -0.2) is 49.1 Å². The van der Waals surface area contributed by atoms with Crippen molar-refractivity contribution < 1.29 is 0 Å². The van der Waals surface area contributed by atoms with Crippen molar-refractivity contribution in [3.63, 3.8) is 0 Å². The maximum atomic E-state index is 3.55.